The second-order valence-corrected chi connectivity index (χ2v) is 14.9. The second kappa shape index (κ2) is 16.6. The van der Waals surface area contributed by atoms with Gasteiger partial charge in [-0.3, -0.25) is 4.79 Å². The number of carbonyl (C=O) groups is 2. The number of aromatic nitrogens is 1. The van der Waals surface area contributed by atoms with Gasteiger partial charge in [0.15, 0.2) is 5.76 Å². The normalized spacial score (nSPS) is 20.2. The van der Waals surface area contributed by atoms with Crippen molar-refractivity contribution in [1.29, 1.82) is 0 Å². The van der Waals surface area contributed by atoms with Crippen LogP contribution >= 0.6 is 0 Å². The Bertz CT molecular complexity index is 1670. The number of nitrogens with one attached hydrogen (secondary N) is 2. The molecule has 0 saturated carbocycles. The van der Waals surface area contributed by atoms with Crippen LogP contribution < -0.4 is 15.4 Å². The summed E-state index contributed by atoms with van der Waals surface area (Å²) in [5.41, 5.74) is 2.50. The smallest absolute Gasteiger partial charge is 0.323 e. The largest absolute Gasteiger partial charge is 0.490 e. The van der Waals surface area contributed by atoms with E-state index in [2.05, 4.69) is 15.8 Å². The molecule has 0 radical (unpaired) electrons. The van der Waals surface area contributed by atoms with Crippen molar-refractivity contribution in [3.63, 3.8) is 0 Å². The van der Waals surface area contributed by atoms with Crippen molar-refractivity contribution in [2.24, 2.45) is 5.92 Å². The lowest BCUT2D eigenvalue weighted by molar-refractivity contribution is -0.00833. The number of fused-ring (bicyclic) bond motifs is 1. The standard InChI is InChI=1S/C35H49N5O8S/c1-22-11-14-29(15-12-22)49(44,45)39(7)20-32-23(2)19-40(24(3)21-41)34(42)30-18-28(36-35(43)37-33-26(5)38-48-27(33)6)13-16-31(30)47-25(4)10-8-9-17-46-32/h11-16,18,23-25,32,41H,8-10,17,19-21H2,1-7H3,(H2,36,37,43)/t23-,24+,25+,32-/m0/s1. The molecule has 3 amide bonds. The van der Waals surface area contributed by atoms with E-state index in [-0.39, 0.29) is 42.2 Å². The molecule has 0 saturated heterocycles. The molecule has 0 fully saturated rings. The lowest BCUT2D eigenvalue weighted by atomic mass is 10.0. The number of urea groups is 1. The zero-order chi connectivity index (χ0) is 35.9. The fourth-order valence-electron chi connectivity index (χ4n) is 5.64. The summed E-state index contributed by atoms with van der Waals surface area (Å²) in [7, 11) is -2.27. The summed E-state index contributed by atoms with van der Waals surface area (Å²) in [6, 6.07) is 10.4. The van der Waals surface area contributed by atoms with Crippen LogP contribution in [0.15, 0.2) is 51.9 Å². The van der Waals surface area contributed by atoms with E-state index >= 15 is 0 Å². The second-order valence-electron chi connectivity index (χ2n) is 12.9. The number of aliphatic hydroxyl groups is 1. The van der Waals surface area contributed by atoms with Crippen molar-refractivity contribution in [2.75, 3.05) is 44.0 Å². The van der Waals surface area contributed by atoms with Gasteiger partial charge in [-0.1, -0.05) is 29.8 Å². The Kier molecular flexibility index (Phi) is 12.8. The zero-order valence-corrected chi connectivity index (χ0v) is 30.2. The van der Waals surface area contributed by atoms with Crippen LogP contribution in [0.25, 0.3) is 0 Å². The average Bonchev–Trinajstić information content (AvgIpc) is 3.38. The number of hydrogen-bond acceptors (Lipinski definition) is 9. The van der Waals surface area contributed by atoms with E-state index in [0.717, 1.165) is 18.4 Å². The van der Waals surface area contributed by atoms with E-state index in [1.807, 2.05) is 20.8 Å². The van der Waals surface area contributed by atoms with Crippen LogP contribution in [0.1, 0.15) is 67.4 Å². The molecule has 2 heterocycles. The minimum Gasteiger partial charge on any atom is -0.490 e. The Morgan fingerprint density at radius 3 is 2.47 bits per heavy atom. The van der Waals surface area contributed by atoms with E-state index in [9.17, 15) is 23.1 Å². The molecule has 0 aliphatic carbocycles. The molecule has 4 atom stereocenters. The number of benzene rings is 2. The fourth-order valence-corrected chi connectivity index (χ4v) is 6.83. The van der Waals surface area contributed by atoms with Gasteiger partial charge < -0.3 is 34.6 Å². The minimum absolute atomic E-state index is 0.0668. The molecular formula is C35H49N5O8S. The number of sulfonamides is 1. The maximum atomic E-state index is 14.4. The molecular weight excluding hydrogens is 650 g/mol. The van der Waals surface area contributed by atoms with Crippen LogP contribution in [0.3, 0.4) is 0 Å². The van der Waals surface area contributed by atoms with Gasteiger partial charge in [0.25, 0.3) is 5.91 Å². The first-order chi connectivity index (χ1) is 23.2. The molecule has 14 heteroatoms. The van der Waals surface area contributed by atoms with Gasteiger partial charge in [-0.25, -0.2) is 13.2 Å². The summed E-state index contributed by atoms with van der Waals surface area (Å²) in [4.78, 5) is 29.0. The molecule has 13 nitrogen and oxygen atoms in total. The molecule has 3 N–H and O–H groups in total. The Balaban J connectivity index is 1.63. The summed E-state index contributed by atoms with van der Waals surface area (Å²) in [5, 5.41) is 19.6. The van der Waals surface area contributed by atoms with Crippen molar-refractivity contribution in [3.8, 4) is 5.75 Å². The van der Waals surface area contributed by atoms with Crippen LogP contribution in [-0.2, 0) is 14.8 Å². The number of rotatable bonds is 8. The lowest BCUT2D eigenvalue weighted by Crippen LogP contribution is -2.48. The number of nitrogens with zero attached hydrogens (tertiary/aromatic N) is 3. The summed E-state index contributed by atoms with van der Waals surface area (Å²) in [5.74, 6) is 0.0629. The molecule has 1 aliphatic rings. The third-order valence-corrected chi connectivity index (χ3v) is 10.6. The molecule has 3 aromatic rings. The fraction of sp³-hybridized carbons (Fsp3) is 0.514. The van der Waals surface area contributed by atoms with Crippen molar-refractivity contribution in [2.45, 2.75) is 84.0 Å². The maximum absolute atomic E-state index is 14.4. The Morgan fingerprint density at radius 2 is 1.82 bits per heavy atom. The van der Waals surface area contributed by atoms with E-state index < -0.39 is 34.1 Å². The van der Waals surface area contributed by atoms with E-state index in [1.54, 1.807) is 68.1 Å². The van der Waals surface area contributed by atoms with Crippen molar-refractivity contribution < 1.29 is 37.1 Å². The van der Waals surface area contributed by atoms with Gasteiger partial charge in [0.2, 0.25) is 10.0 Å². The molecule has 49 heavy (non-hydrogen) atoms. The number of aliphatic hydroxyl groups excluding tert-OH is 1. The third-order valence-electron chi connectivity index (χ3n) is 8.75. The van der Waals surface area contributed by atoms with Gasteiger partial charge in [0.05, 0.1) is 35.3 Å². The summed E-state index contributed by atoms with van der Waals surface area (Å²) < 4.78 is 46.0. The lowest BCUT2D eigenvalue weighted by Gasteiger charge is -2.35. The number of anilines is 2. The van der Waals surface area contributed by atoms with Gasteiger partial charge in [0, 0.05) is 38.3 Å². The number of aryl methyl sites for hydroxylation is 3. The minimum atomic E-state index is -3.80. The van der Waals surface area contributed by atoms with E-state index in [4.69, 9.17) is 14.0 Å². The summed E-state index contributed by atoms with van der Waals surface area (Å²) in [6.45, 7) is 11.2. The Hall–Kier alpha value is -3.98. The Morgan fingerprint density at radius 1 is 1.10 bits per heavy atom. The highest BCUT2D eigenvalue weighted by molar-refractivity contribution is 7.89. The zero-order valence-electron chi connectivity index (χ0n) is 29.4. The molecule has 0 unspecified atom stereocenters. The number of likely N-dealkylation sites (N-methyl/N-ethyl adjacent to an activating group) is 1. The van der Waals surface area contributed by atoms with Gasteiger partial charge in [-0.2, -0.15) is 4.31 Å². The molecule has 4 rings (SSSR count). The summed E-state index contributed by atoms with van der Waals surface area (Å²) >= 11 is 0. The quantitative estimate of drug-likeness (QED) is 0.281. The highest BCUT2D eigenvalue weighted by Gasteiger charge is 2.32. The molecule has 0 bridgehead atoms. The Labute approximate surface area is 289 Å². The van der Waals surface area contributed by atoms with Crippen molar-refractivity contribution in [1.82, 2.24) is 14.4 Å². The predicted molar refractivity (Wildman–Crippen MR) is 186 cm³/mol. The van der Waals surface area contributed by atoms with Gasteiger partial charge in [-0.05, 0) is 84.2 Å². The van der Waals surface area contributed by atoms with Gasteiger partial charge >= 0.3 is 6.03 Å². The van der Waals surface area contributed by atoms with E-state index in [0.29, 0.717) is 41.6 Å². The third kappa shape index (κ3) is 9.59. The predicted octanol–water partition coefficient (Wildman–Crippen LogP) is 5.36. The first-order valence-corrected chi connectivity index (χ1v) is 18.0. The van der Waals surface area contributed by atoms with Crippen molar-refractivity contribution in [3.05, 3.63) is 65.0 Å². The maximum Gasteiger partial charge on any atom is 0.323 e. The molecule has 1 aromatic heterocycles. The highest BCUT2D eigenvalue weighted by Crippen LogP contribution is 2.29. The van der Waals surface area contributed by atoms with Crippen LogP contribution in [0.4, 0.5) is 16.2 Å². The van der Waals surface area contributed by atoms with Gasteiger partial charge in [-0.15, -0.1) is 0 Å². The first-order valence-electron chi connectivity index (χ1n) is 16.6. The molecule has 2 aromatic carbocycles. The summed E-state index contributed by atoms with van der Waals surface area (Å²) in [6.07, 6.45) is 1.42. The monoisotopic (exact) mass is 699 g/mol. The molecule has 0 spiro atoms. The number of carbonyl (C=O) groups excluding carboxylic acids is 2. The molecule has 1 aliphatic heterocycles. The number of amides is 3. The average molecular weight is 700 g/mol. The van der Waals surface area contributed by atoms with Crippen LogP contribution in [-0.4, -0.2) is 91.4 Å². The van der Waals surface area contributed by atoms with Crippen LogP contribution in [0.2, 0.25) is 0 Å². The molecule has 268 valence electrons. The van der Waals surface area contributed by atoms with Crippen LogP contribution in [0, 0.1) is 26.7 Å². The van der Waals surface area contributed by atoms with Gasteiger partial charge in [0.1, 0.15) is 17.1 Å². The van der Waals surface area contributed by atoms with Crippen molar-refractivity contribution >= 4 is 33.3 Å². The first kappa shape index (κ1) is 37.8. The number of ether oxygens (including phenoxy) is 2. The van der Waals surface area contributed by atoms with E-state index in [1.165, 1.54) is 11.4 Å². The van der Waals surface area contributed by atoms with Crippen LogP contribution in [0.5, 0.6) is 5.75 Å². The topological polar surface area (TPSA) is 164 Å². The number of hydrogen-bond donors (Lipinski definition) is 3. The SMILES string of the molecule is Cc1ccc(S(=O)(=O)N(C)C[C@@H]2OCCCC[C@@H](C)Oc3ccc(NC(=O)Nc4c(C)noc4C)cc3C(=O)N([C@H](C)CO)C[C@@H]2C)cc1. The highest BCUT2D eigenvalue weighted by atomic mass is 32.2.